The highest BCUT2D eigenvalue weighted by atomic mass is 32.1. The number of para-hydroxylation sites is 1. The minimum Gasteiger partial charge on any atom is -0.478 e. The third kappa shape index (κ3) is 3.90. The van der Waals surface area contributed by atoms with Crippen LogP contribution >= 0.6 is 22.7 Å². The van der Waals surface area contributed by atoms with Crippen LogP contribution in [-0.4, -0.2) is 38.4 Å². The number of anilines is 3. The van der Waals surface area contributed by atoms with E-state index in [4.69, 9.17) is 10.5 Å². The zero-order valence-corrected chi connectivity index (χ0v) is 18.4. The fourth-order valence-electron chi connectivity index (χ4n) is 3.20. The van der Waals surface area contributed by atoms with Crippen LogP contribution in [0.3, 0.4) is 0 Å². The molecule has 3 N–H and O–H groups in total. The van der Waals surface area contributed by atoms with Gasteiger partial charge >= 0.3 is 11.9 Å². The number of hydrogen-bond acceptors (Lipinski definition) is 9. The van der Waals surface area contributed by atoms with E-state index in [9.17, 15) is 9.59 Å². The fraction of sp³-hybridized carbons (Fsp3) is 0. The maximum Gasteiger partial charge on any atom is 0.335 e. The lowest BCUT2D eigenvalue weighted by Gasteiger charge is -2.09. The molecule has 33 heavy (non-hydrogen) atoms. The molecule has 5 rings (SSSR count). The SMILES string of the molecule is N=C1C(=O)N(c2nc(-c3ccc(C(=O)O)cc3)cs2)N=C1c1ccccc1Nc1nccs1. The Morgan fingerprint density at radius 3 is 2.61 bits per heavy atom. The largest absolute Gasteiger partial charge is 0.478 e. The molecule has 0 bridgehead atoms. The van der Waals surface area contributed by atoms with Crippen LogP contribution in [0.5, 0.6) is 0 Å². The Bertz CT molecular complexity index is 1410. The first kappa shape index (κ1) is 20.7. The number of rotatable bonds is 6. The Morgan fingerprint density at radius 2 is 1.88 bits per heavy atom. The fourth-order valence-corrected chi connectivity index (χ4v) is 4.52. The first-order valence-corrected chi connectivity index (χ1v) is 11.3. The molecule has 1 amide bonds. The Kier molecular flexibility index (Phi) is 5.24. The van der Waals surface area contributed by atoms with E-state index in [1.807, 2.05) is 23.6 Å². The number of aromatic carboxylic acids is 1. The number of carbonyl (C=O) groups is 2. The van der Waals surface area contributed by atoms with Crippen LogP contribution in [0.15, 0.2) is 70.6 Å². The molecule has 9 nitrogen and oxygen atoms in total. The van der Waals surface area contributed by atoms with Crippen molar-refractivity contribution in [1.29, 1.82) is 5.41 Å². The predicted molar refractivity (Wildman–Crippen MR) is 128 cm³/mol. The average molecular weight is 475 g/mol. The van der Waals surface area contributed by atoms with Crippen molar-refractivity contribution in [3.05, 3.63) is 76.6 Å². The molecule has 11 heteroatoms. The minimum atomic E-state index is -1.01. The lowest BCUT2D eigenvalue weighted by Crippen LogP contribution is -2.27. The summed E-state index contributed by atoms with van der Waals surface area (Å²) in [6.45, 7) is 0. The molecule has 2 aromatic heterocycles. The second-order valence-electron chi connectivity index (χ2n) is 6.85. The van der Waals surface area contributed by atoms with Crippen molar-refractivity contribution in [2.45, 2.75) is 0 Å². The molecule has 4 aromatic rings. The van der Waals surface area contributed by atoms with Gasteiger partial charge in [0, 0.05) is 33.8 Å². The molecule has 0 radical (unpaired) electrons. The summed E-state index contributed by atoms with van der Waals surface area (Å²) in [5, 5.41) is 30.8. The maximum atomic E-state index is 12.8. The van der Waals surface area contributed by atoms with Crippen LogP contribution in [0.2, 0.25) is 0 Å². The third-order valence-corrected chi connectivity index (χ3v) is 6.30. The van der Waals surface area contributed by atoms with E-state index in [0.717, 1.165) is 5.01 Å². The second-order valence-corrected chi connectivity index (χ2v) is 8.58. The lowest BCUT2D eigenvalue weighted by atomic mass is 10.0. The van der Waals surface area contributed by atoms with Gasteiger partial charge in [-0.2, -0.15) is 10.1 Å². The number of benzene rings is 2. The topological polar surface area (TPSA) is 132 Å². The smallest absolute Gasteiger partial charge is 0.335 e. The van der Waals surface area contributed by atoms with Gasteiger partial charge in [-0.1, -0.05) is 30.3 Å². The van der Waals surface area contributed by atoms with Gasteiger partial charge in [0.2, 0.25) is 5.13 Å². The number of aromatic nitrogens is 2. The minimum absolute atomic E-state index is 0.177. The van der Waals surface area contributed by atoms with E-state index in [0.29, 0.717) is 32.8 Å². The zero-order chi connectivity index (χ0) is 22.9. The summed E-state index contributed by atoms with van der Waals surface area (Å²) in [5.41, 5.74) is 2.77. The zero-order valence-electron chi connectivity index (χ0n) is 16.7. The van der Waals surface area contributed by atoms with Crippen molar-refractivity contribution in [3.8, 4) is 11.3 Å². The summed E-state index contributed by atoms with van der Waals surface area (Å²) in [6, 6.07) is 13.6. The molecule has 0 atom stereocenters. The molecule has 0 fully saturated rings. The molecule has 0 unspecified atom stereocenters. The first-order valence-electron chi connectivity index (χ1n) is 9.58. The quantitative estimate of drug-likeness (QED) is 0.378. The summed E-state index contributed by atoms with van der Waals surface area (Å²) < 4.78 is 0. The first-order chi connectivity index (χ1) is 16.0. The standard InChI is InChI=1S/C22H14N6O3S2/c23-17-18(14-3-1-2-4-15(14)25-21-24-9-10-32-21)27-28(19(17)29)22-26-16(11-33-22)12-5-7-13(8-6-12)20(30)31/h1-11,23H,(H,24,25)(H,30,31). The number of hydrazone groups is 1. The third-order valence-electron chi connectivity index (χ3n) is 4.80. The summed E-state index contributed by atoms with van der Waals surface area (Å²) in [6.07, 6.45) is 1.69. The number of carboxylic acid groups (broad SMARTS) is 1. The van der Waals surface area contributed by atoms with Gasteiger partial charge in [-0.3, -0.25) is 10.2 Å². The van der Waals surface area contributed by atoms with Crippen molar-refractivity contribution < 1.29 is 14.7 Å². The van der Waals surface area contributed by atoms with Crippen LogP contribution in [-0.2, 0) is 4.79 Å². The molecule has 3 heterocycles. The monoisotopic (exact) mass is 474 g/mol. The van der Waals surface area contributed by atoms with E-state index >= 15 is 0 Å². The number of amides is 1. The predicted octanol–water partition coefficient (Wildman–Crippen LogP) is 4.48. The van der Waals surface area contributed by atoms with Crippen molar-refractivity contribution in [3.63, 3.8) is 0 Å². The van der Waals surface area contributed by atoms with E-state index in [1.54, 1.807) is 29.8 Å². The van der Waals surface area contributed by atoms with Crippen LogP contribution in [0.4, 0.5) is 16.0 Å². The van der Waals surface area contributed by atoms with Gasteiger partial charge in [0.05, 0.1) is 11.3 Å². The van der Waals surface area contributed by atoms with Crippen LogP contribution < -0.4 is 10.3 Å². The van der Waals surface area contributed by atoms with Crippen molar-refractivity contribution in [2.24, 2.45) is 5.10 Å². The van der Waals surface area contributed by atoms with Crippen LogP contribution in [0, 0.1) is 5.41 Å². The summed E-state index contributed by atoms with van der Waals surface area (Å²) in [7, 11) is 0. The highest BCUT2D eigenvalue weighted by molar-refractivity contribution is 7.14. The highest BCUT2D eigenvalue weighted by Crippen LogP contribution is 2.31. The molecule has 1 aliphatic rings. The molecule has 0 saturated carbocycles. The van der Waals surface area contributed by atoms with E-state index < -0.39 is 11.9 Å². The van der Waals surface area contributed by atoms with Gasteiger partial charge in [0.15, 0.2) is 10.8 Å². The van der Waals surface area contributed by atoms with Crippen molar-refractivity contribution in [2.75, 3.05) is 10.3 Å². The molecule has 2 aromatic carbocycles. The number of carbonyl (C=O) groups excluding carboxylic acids is 1. The second kappa shape index (κ2) is 8.37. The maximum absolute atomic E-state index is 12.8. The van der Waals surface area contributed by atoms with Gasteiger partial charge in [-0.15, -0.1) is 22.7 Å². The molecule has 0 aliphatic carbocycles. The molecule has 162 valence electrons. The Balaban J connectivity index is 1.46. The van der Waals surface area contributed by atoms with Crippen LogP contribution in [0.1, 0.15) is 15.9 Å². The van der Waals surface area contributed by atoms with Gasteiger partial charge in [0.1, 0.15) is 5.71 Å². The van der Waals surface area contributed by atoms with Gasteiger partial charge < -0.3 is 10.4 Å². The number of nitrogens with one attached hydrogen (secondary N) is 2. The number of hydrogen-bond donors (Lipinski definition) is 3. The molecule has 1 aliphatic heterocycles. The van der Waals surface area contributed by atoms with E-state index in [1.165, 1.54) is 34.8 Å². The normalized spacial score (nSPS) is 13.3. The van der Waals surface area contributed by atoms with E-state index in [-0.39, 0.29) is 17.0 Å². The van der Waals surface area contributed by atoms with Crippen molar-refractivity contribution in [1.82, 2.24) is 9.97 Å². The number of thiazole rings is 2. The summed E-state index contributed by atoms with van der Waals surface area (Å²) in [4.78, 5) is 32.6. The molecule has 0 spiro atoms. The van der Waals surface area contributed by atoms with Gasteiger partial charge in [-0.25, -0.2) is 14.8 Å². The summed E-state index contributed by atoms with van der Waals surface area (Å²) >= 11 is 2.65. The number of nitrogens with zero attached hydrogens (tertiary/aromatic N) is 4. The Labute approximate surface area is 195 Å². The summed E-state index contributed by atoms with van der Waals surface area (Å²) in [5.74, 6) is -1.58. The molecular formula is C22H14N6O3S2. The van der Waals surface area contributed by atoms with Gasteiger partial charge in [-0.05, 0) is 18.2 Å². The van der Waals surface area contributed by atoms with Crippen LogP contribution in [0.25, 0.3) is 11.3 Å². The van der Waals surface area contributed by atoms with Crippen molar-refractivity contribution >= 4 is 61.9 Å². The molecular weight excluding hydrogens is 460 g/mol. The molecule has 0 saturated heterocycles. The average Bonchev–Trinajstić information content (AvgIpc) is 3.57. The van der Waals surface area contributed by atoms with Gasteiger partial charge in [0.25, 0.3) is 0 Å². The number of carboxylic acids is 1. The highest BCUT2D eigenvalue weighted by Gasteiger charge is 2.35. The Hall–Kier alpha value is -4.22. The Morgan fingerprint density at radius 1 is 1.09 bits per heavy atom. The van der Waals surface area contributed by atoms with E-state index in [2.05, 4.69) is 20.4 Å². The lowest BCUT2D eigenvalue weighted by molar-refractivity contribution is -0.112.